The fourth-order valence-electron chi connectivity index (χ4n) is 2.40. The van der Waals surface area contributed by atoms with E-state index in [9.17, 15) is 0 Å². The van der Waals surface area contributed by atoms with E-state index in [1.165, 1.54) is 50.5 Å². The van der Waals surface area contributed by atoms with E-state index in [4.69, 9.17) is 4.74 Å². The normalized spacial score (nSPS) is 17.3. The van der Waals surface area contributed by atoms with Crippen LogP contribution < -0.4 is 4.74 Å². The van der Waals surface area contributed by atoms with Crippen molar-refractivity contribution < 1.29 is 4.74 Å². The molecule has 2 rings (SSSR count). The van der Waals surface area contributed by atoms with Crippen LogP contribution in [0.25, 0.3) is 0 Å². The maximum Gasteiger partial charge on any atom is 0.119 e. The maximum atomic E-state index is 5.99. The highest BCUT2D eigenvalue weighted by atomic mass is 16.5. The van der Waals surface area contributed by atoms with Crippen LogP contribution in [0.15, 0.2) is 24.3 Å². The fraction of sp³-hybridized carbons (Fsp3) is 0.600. The number of rotatable bonds is 4. The van der Waals surface area contributed by atoms with Gasteiger partial charge < -0.3 is 4.74 Å². The predicted molar refractivity (Wildman–Crippen MR) is 67.9 cm³/mol. The molecule has 16 heavy (non-hydrogen) atoms. The first-order valence-electron chi connectivity index (χ1n) is 6.64. The highest BCUT2D eigenvalue weighted by Crippen LogP contribution is 2.23. The Bertz CT molecular complexity index is 296. The van der Waals surface area contributed by atoms with Gasteiger partial charge in [-0.05, 0) is 49.8 Å². The molecule has 1 fully saturated rings. The molecule has 1 nitrogen and oxygen atoms in total. The van der Waals surface area contributed by atoms with E-state index in [0.29, 0.717) is 6.10 Å². The summed E-state index contributed by atoms with van der Waals surface area (Å²) < 4.78 is 5.99. The van der Waals surface area contributed by atoms with E-state index >= 15 is 0 Å². The molecule has 0 aliphatic heterocycles. The van der Waals surface area contributed by atoms with Crippen LogP contribution in [0.5, 0.6) is 5.75 Å². The van der Waals surface area contributed by atoms with Gasteiger partial charge in [0.2, 0.25) is 0 Å². The van der Waals surface area contributed by atoms with Crippen LogP contribution >= 0.6 is 0 Å². The van der Waals surface area contributed by atoms with E-state index in [0.717, 1.165) is 5.75 Å². The van der Waals surface area contributed by atoms with Gasteiger partial charge in [0.15, 0.2) is 0 Å². The van der Waals surface area contributed by atoms with Crippen LogP contribution in [0, 0.1) is 0 Å². The number of hydrogen-bond acceptors (Lipinski definition) is 1. The molecule has 1 aliphatic rings. The molecule has 0 radical (unpaired) electrons. The maximum absolute atomic E-state index is 5.99. The Balaban J connectivity index is 1.88. The predicted octanol–water partition coefficient (Wildman–Crippen LogP) is 4.35. The molecular weight excluding hydrogens is 196 g/mol. The van der Waals surface area contributed by atoms with Gasteiger partial charge >= 0.3 is 0 Å². The molecule has 0 bridgehead atoms. The molecular formula is C15H22O. The average molecular weight is 218 g/mol. The van der Waals surface area contributed by atoms with E-state index in [1.807, 2.05) is 0 Å². The molecule has 1 aromatic rings. The summed E-state index contributed by atoms with van der Waals surface area (Å²) in [4.78, 5) is 0. The third-order valence-corrected chi connectivity index (χ3v) is 3.32. The van der Waals surface area contributed by atoms with Gasteiger partial charge in [-0.1, -0.05) is 31.9 Å². The number of aryl methyl sites for hydroxylation is 1. The summed E-state index contributed by atoms with van der Waals surface area (Å²) in [5, 5.41) is 0. The van der Waals surface area contributed by atoms with Crippen molar-refractivity contribution in [3.05, 3.63) is 29.8 Å². The van der Waals surface area contributed by atoms with Gasteiger partial charge in [0.1, 0.15) is 5.75 Å². The van der Waals surface area contributed by atoms with Crippen LogP contribution in [0.4, 0.5) is 0 Å². The zero-order chi connectivity index (χ0) is 11.2. The molecule has 0 amide bonds. The second-order valence-electron chi connectivity index (χ2n) is 4.77. The van der Waals surface area contributed by atoms with Crippen molar-refractivity contribution >= 4 is 0 Å². The molecule has 0 saturated heterocycles. The molecule has 0 heterocycles. The Morgan fingerprint density at radius 3 is 2.38 bits per heavy atom. The number of ether oxygens (including phenoxy) is 1. The summed E-state index contributed by atoms with van der Waals surface area (Å²) in [6.45, 7) is 2.21. The summed E-state index contributed by atoms with van der Waals surface area (Å²) in [6, 6.07) is 8.64. The van der Waals surface area contributed by atoms with E-state index in [2.05, 4.69) is 31.2 Å². The lowest BCUT2D eigenvalue weighted by Gasteiger charge is -2.23. The molecule has 0 unspecified atom stereocenters. The average Bonchev–Trinajstić information content (AvgIpc) is 2.33. The van der Waals surface area contributed by atoms with Gasteiger partial charge in [0.05, 0.1) is 6.10 Å². The monoisotopic (exact) mass is 218 g/mol. The fourth-order valence-corrected chi connectivity index (χ4v) is 2.40. The smallest absolute Gasteiger partial charge is 0.119 e. The minimum Gasteiger partial charge on any atom is -0.490 e. The lowest BCUT2D eigenvalue weighted by molar-refractivity contribution is 0.155. The number of hydrogen-bond donors (Lipinski definition) is 0. The summed E-state index contributed by atoms with van der Waals surface area (Å²) in [5.74, 6) is 1.05. The summed E-state index contributed by atoms with van der Waals surface area (Å²) in [7, 11) is 0. The molecule has 1 heteroatoms. The van der Waals surface area contributed by atoms with Gasteiger partial charge in [0, 0.05) is 0 Å². The Hall–Kier alpha value is -0.980. The van der Waals surface area contributed by atoms with E-state index < -0.39 is 0 Å². The Morgan fingerprint density at radius 2 is 1.75 bits per heavy atom. The zero-order valence-corrected chi connectivity index (χ0v) is 10.2. The third kappa shape index (κ3) is 3.26. The minimum atomic E-state index is 0.464. The lowest BCUT2D eigenvalue weighted by Crippen LogP contribution is -2.19. The summed E-state index contributed by atoms with van der Waals surface area (Å²) >= 11 is 0. The first kappa shape index (κ1) is 11.5. The van der Waals surface area contributed by atoms with Crippen LogP contribution in [0.1, 0.15) is 51.0 Å². The highest BCUT2D eigenvalue weighted by Gasteiger charge is 2.14. The largest absolute Gasteiger partial charge is 0.490 e. The van der Waals surface area contributed by atoms with Crippen LogP contribution in [-0.2, 0) is 6.42 Å². The van der Waals surface area contributed by atoms with Crippen molar-refractivity contribution in [1.29, 1.82) is 0 Å². The molecule has 88 valence electrons. The minimum absolute atomic E-state index is 0.464. The van der Waals surface area contributed by atoms with Crippen LogP contribution in [0.2, 0.25) is 0 Å². The SMILES string of the molecule is CCCc1ccc(OC2CCCCC2)cc1. The van der Waals surface area contributed by atoms with Crippen LogP contribution in [0.3, 0.4) is 0 Å². The van der Waals surface area contributed by atoms with Gasteiger partial charge in [0.25, 0.3) is 0 Å². The van der Waals surface area contributed by atoms with Gasteiger partial charge in [-0.2, -0.15) is 0 Å². The Labute approximate surface area is 98.8 Å². The van der Waals surface area contributed by atoms with Gasteiger partial charge in [-0.3, -0.25) is 0 Å². The van der Waals surface area contributed by atoms with Crippen LogP contribution in [-0.4, -0.2) is 6.10 Å². The molecule has 0 spiro atoms. The Morgan fingerprint density at radius 1 is 1.06 bits per heavy atom. The van der Waals surface area contributed by atoms with E-state index in [1.54, 1.807) is 0 Å². The molecule has 0 atom stereocenters. The van der Waals surface area contributed by atoms with E-state index in [-0.39, 0.29) is 0 Å². The lowest BCUT2D eigenvalue weighted by atomic mass is 9.98. The molecule has 1 saturated carbocycles. The van der Waals surface area contributed by atoms with Crippen molar-refractivity contribution in [2.75, 3.05) is 0 Å². The van der Waals surface area contributed by atoms with Crippen molar-refractivity contribution in [2.45, 2.75) is 58.0 Å². The van der Waals surface area contributed by atoms with Gasteiger partial charge in [-0.25, -0.2) is 0 Å². The molecule has 1 aliphatic carbocycles. The summed E-state index contributed by atoms with van der Waals surface area (Å²) in [6.07, 6.45) is 9.36. The van der Waals surface area contributed by atoms with Crippen molar-refractivity contribution in [3.63, 3.8) is 0 Å². The molecule has 0 N–H and O–H groups in total. The second kappa shape index (κ2) is 5.93. The topological polar surface area (TPSA) is 9.23 Å². The highest BCUT2D eigenvalue weighted by molar-refractivity contribution is 5.27. The first-order valence-corrected chi connectivity index (χ1v) is 6.64. The van der Waals surface area contributed by atoms with Crippen molar-refractivity contribution in [1.82, 2.24) is 0 Å². The molecule has 0 aromatic heterocycles. The second-order valence-corrected chi connectivity index (χ2v) is 4.77. The Kier molecular flexibility index (Phi) is 4.26. The number of benzene rings is 1. The van der Waals surface area contributed by atoms with Crippen molar-refractivity contribution in [3.8, 4) is 5.75 Å². The quantitative estimate of drug-likeness (QED) is 0.730. The molecule has 1 aromatic carbocycles. The zero-order valence-electron chi connectivity index (χ0n) is 10.2. The first-order chi connectivity index (χ1) is 7.88. The third-order valence-electron chi connectivity index (χ3n) is 3.32. The summed E-state index contributed by atoms with van der Waals surface area (Å²) in [5.41, 5.74) is 1.42. The van der Waals surface area contributed by atoms with Crippen molar-refractivity contribution in [2.24, 2.45) is 0 Å². The van der Waals surface area contributed by atoms with Gasteiger partial charge in [-0.15, -0.1) is 0 Å². The standard InChI is InChI=1S/C15H22O/c1-2-6-13-9-11-15(12-10-13)16-14-7-4-3-5-8-14/h9-12,14H,2-8H2,1H3.